The molecule has 0 spiro atoms. The third-order valence-electron chi connectivity index (χ3n) is 2.39. The lowest BCUT2D eigenvalue weighted by Gasteiger charge is -2.02. The molecule has 0 saturated heterocycles. The molecule has 0 aliphatic rings. The second kappa shape index (κ2) is 6.78. The van der Waals surface area contributed by atoms with Crippen molar-refractivity contribution in [3.05, 3.63) is 35.4 Å². The van der Waals surface area contributed by atoms with Gasteiger partial charge in [0.15, 0.2) is 0 Å². The number of benzene rings is 1. The first kappa shape index (κ1) is 12.4. The van der Waals surface area contributed by atoms with Crippen LogP contribution in [-0.2, 0) is 17.6 Å². The Bertz CT molecular complexity index is 303. The quantitative estimate of drug-likeness (QED) is 0.722. The molecule has 1 aromatic rings. The SMILES string of the molecule is CCCCc1ccc(CC(=O)CBr)cc1. The molecule has 0 amide bonds. The molecule has 0 heterocycles. The van der Waals surface area contributed by atoms with Crippen LogP contribution >= 0.6 is 15.9 Å². The van der Waals surface area contributed by atoms with Gasteiger partial charge < -0.3 is 0 Å². The number of alkyl halides is 1. The number of hydrogen-bond acceptors (Lipinski definition) is 1. The number of aryl methyl sites for hydroxylation is 1. The van der Waals surface area contributed by atoms with Crippen molar-refractivity contribution in [2.45, 2.75) is 32.6 Å². The molecular weight excluding hydrogens is 252 g/mol. The largest absolute Gasteiger partial charge is 0.298 e. The Labute approximate surface area is 100 Å². The van der Waals surface area contributed by atoms with Gasteiger partial charge in [-0.2, -0.15) is 0 Å². The van der Waals surface area contributed by atoms with E-state index in [9.17, 15) is 4.79 Å². The highest BCUT2D eigenvalue weighted by Gasteiger charge is 2.01. The first-order valence-electron chi connectivity index (χ1n) is 5.41. The molecule has 0 fully saturated rings. The van der Waals surface area contributed by atoms with Crippen molar-refractivity contribution >= 4 is 21.7 Å². The van der Waals surface area contributed by atoms with E-state index in [0.717, 1.165) is 12.0 Å². The van der Waals surface area contributed by atoms with Crippen molar-refractivity contribution in [3.63, 3.8) is 0 Å². The Kier molecular flexibility index (Phi) is 5.62. The minimum absolute atomic E-state index is 0.233. The van der Waals surface area contributed by atoms with Crippen molar-refractivity contribution in [2.75, 3.05) is 5.33 Å². The van der Waals surface area contributed by atoms with Gasteiger partial charge in [0.25, 0.3) is 0 Å². The van der Waals surface area contributed by atoms with Crippen LogP contribution in [0.25, 0.3) is 0 Å². The van der Waals surface area contributed by atoms with Gasteiger partial charge in [-0.25, -0.2) is 0 Å². The summed E-state index contributed by atoms with van der Waals surface area (Å²) in [6.07, 6.45) is 4.14. The van der Waals surface area contributed by atoms with E-state index in [0.29, 0.717) is 11.8 Å². The van der Waals surface area contributed by atoms with Crippen molar-refractivity contribution in [2.24, 2.45) is 0 Å². The minimum atomic E-state index is 0.233. The maximum Gasteiger partial charge on any atom is 0.147 e. The Morgan fingerprint density at radius 1 is 1.20 bits per heavy atom. The maximum absolute atomic E-state index is 11.2. The van der Waals surface area contributed by atoms with E-state index in [4.69, 9.17) is 0 Å². The molecule has 1 nitrogen and oxygen atoms in total. The molecule has 0 atom stereocenters. The van der Waals surface area contributed by atoms with Gasteiger partial charge in [0, 0.05) is 6.42 Å². The van der Waals surface area contributed by atoms with Gasteiger partial charge in [0.05, 0.1) is 5.33 Å². The maximum atomic E-state index is 11.2. The normalized spacial score (nSPS) is 10.3. The molecule has 1 aromatic carbocycles. The highest BCUT2D eigenvalue weighted by molar-refractivity contribution is 9.09. The van der Waals surface area contributed by atoms with Crippen LogP contribution < -0.4 is 0 Å². The molecule has 0 saturated carbocycles. The van der Waals surface area contributed by atoms with E-state index in [-0.39, 0.29) is 5.78 Å². The Morgan fingerprint density at radius 3 is 2.33 bits per heavy atom. The van der Waals surface area contributed by atoms with Gasteiger partial charge >= 0.3 is 0 Å². The zero-order valence-corrected chi connectivity index (χ0v) is 10.7. The van der Waals surface area contributed by atoms with Crippen LogP contribution in [0.5, 0.6) is 0 Å². The van der Waals surface area contributed by atoms with Crippen molar-refractivity contribution in [1.82, 2.24) is 0 Å². The Hall–Kier alpha value is -0.630. The molecule has 82 valence electrons. The van der Waals surface area contributed by atoms with Gasteiger partial charge in [-0.1, -0.05) is 53.5 Å². The minimum Gasteiger partial charge on any atom is -0.298 e. The number of halogens is 1. The van der Waals surface area contributed by atoms with Gasteiger partial charge in [-0.05, 0) is 24.0 Å². The van der Waals surface area contributed by atoms with Crippen LogP contribution in [0.2, 0.25) is 0 Å². The first-order valence-corrected chi connectivity index (χ1v) is 6.54. The summed E-state index contributed by atoms with van der Waals surface area (Å²) in [6.45, 7) is 2.20. The highest BCUT2D eigenvalue weighted by Crippen LogP contribution is 2.09. The van der Waals surface area contributed by atoms with Crippen LogP contribution in [-0.4, -0.2) is 11.1 Å². The van der Waals surface area contributed by atoms with E-state index in [1.165, 1.54) is 18.4 Å². The third-order valence-corrected chi connectivity index (χ3v) is 3.02. The highest BCUT2D eigenvalue weighted by atomic mass is 79.9. The van der Waals surface area contributed by atoms with Crippen LogP contribution in [0.15, 0.2) is 24.3 Å². The second-order valence-corrected chi connectivity index (χ2v) is 4.33. The van der Waals surface area contributed by atoms with Crippen LogP contribution in [0.4, 0.5) is 0 Å². The first-order chi connectivity index (χ1) is 7.26. The third kappa shape index (κ3) is 4.61. The predicted octanol–water partition coefficient (Wildman–Crippen LogP) is 3.54. The lowest BCUT2D eigenvalue weighted by molar-refractivity contribution is -0.115. The fourth-order valence-electron chi connectivity index (χ4n) is 1.48. The van der Waals surface area contributed by atoms with Crippen molar-refractivity contribution in [3.8, 4) is 0 Å². The summed E-state index contributed by atoms with van der Waals surface area (Å²) >= 11 is 3.17. The molecule has 0 N–H and O–H groups in total. The summed E-state index contributed by atoms with van der Waals surface area (Å²) in [5.74, 6) is 0.233. The molecule has 15 heavy (non-hydrogen) atoms. The van der Waals surface area contributed by atoms with Crippen molar-refractivity contribution < 1.29 is 4.79 Å². The molecule has 0 unspecified atom stereocenters. The Balaban J connectivity index is 2.52. The lowest BCUT2D eigenvalue weighted by Crippen LogP contribution is -2.03. The van der Waals surface area contributed by atoms with Crippen molar-refractivity contribution in [1.29, 1.82) is 0 Å². The molecule has 1 rings (SSSR count). The lowest BCUT2D eigenvalue weighted by atomic mass is 10.0. The average Bonchev–Trinajstić information content (AvgIpc) is 2.28. The van der Waals surface area contributed by atoms with E-state index >= 15 is 0 Å². The number of unbranched alkanes of at least 4 members (excludes halogenated alkanes) is 1. The number of hydrogen-bond donors (Lipinski definition) is 0. The number of carbonyl (C=O) groups is 1. The van der Waals surface area contributed by atoms with Gasteiger partial charge in [-0.3, -0.25) is 4.79 Å². The molecule has 0 radical (unpaired) electrons. The fraction of sp³-hybridized carbons (Fsp3) is 0.462. The molecule has 0 bridgehead atoms. The average molecular weight is 269 g/mol. The topological polar surface area (TPSA) is 17.1 Å². The van der Waals surface area contributed by atoms with E-state index in [1.54, 1.807) is 0 Å². The smallest absolute Gasteiger partial charge is 0.147 e. The number of ketones is 1. The number of carbonyl (C=O) groups excluding carboxylic acids is 1. The van der Waals surface area contributed by atoms with Gasteiger partial charge in [0.1, 0.15) is 5.78 Å². The zero-order valence-electron chi connectivity index (χ0n) is 9.13. The van der Waals surface area contributed by atoms with Crippen LogP contribution in [0, 0.1) is 0 Å². The monoisotopic (exact) mass is 268 g/mol. The van der Waals surface area contributed by atoms with Crippen LogP contribution in [0.3, 0.4) is 0 Å². The molecule has 0 aliphatic heterocycles. The van der Waals surface area contributed by atoms with Gasteiger partial charge in [0.2, 0.25) is 0 Å². The summed E-state index contributed by atoms with van der Waals surface area (Å²) < 4.78 is 0. The summed E-state index contributed by atoms with van der Waals surface area (Å²) in [5, 5.41) is 0.449. The number of rotatable bonds is 6. The van der Waals surface area contributed by atoms with E-state index in [2.05, 4.69) is 47.1 Å². The van der Waals surface area contributed by atoms with Crippen LogP contribution in [0.1, 0.15) is 30.9 Å². The molecule has 2 heteroatoms. The number of Topliss-reactive ketones (excluding diaryl/α,β-unsaturated/α-hetero) is 1. The molecule has 0 aliphatic carbocycles. The summed E-state index contributed by atoms with van der Waals surface area (Å²) in [6, 6.07) is 8.39. The standard InChI is InChI=1S/C13H17BrO/c1-2-3-4-11-5-7-12(8-6-11)9-13(15)10-14/h5-8H,2-4,9-10H2,1H3. The summed E-state index contributed by atoms with van der Waals surface area (Å²) in [7, 11) is 0. The fourth-order valence-corrected chi connectivity index (χ4v) is 1.68. The zero-order chi connectivity index (χ0) is 11.1. The molecular formula is C13H17BrO. The second-order valence-electron chi connectivity index (χ2n) is 3.77. The van der Waals surface area contributed by atoms with Gasteiger partial charge in [-0.15, -0.1) is 0 Å². The summed E-state index contributed by atoms with van der Waals surface area (Å²) in [4.78, 5) is 11.2. The summed E-state index contributed by atoms with van der Waals surface area (Å²) in [5.41, 5.74) is 2.48. The van der Waals surface area contributed by atoms with E-state index < -0.39 is 0 Å². The molecule has 0 aromatic heterocycles. The predicted molar refractivity (Wildman–Crippen MR) is 67.6 cm³/mol. The van der Waals surface area contributed by atoms with E-state index in [1.807, 2.05) is 0 Å². The Morgan fingerprint density at radius 2 is 1.80 bits per heavy atom.